The molecule has 2 aliphatic rings. The monoisotopic (exact) mass is 477 g/mol. The first-order valence-corrected chi connectivity index (χ1v) is 13.3. The fraction of sp³-hybridized carbons (Fsp3) is 0.680. The van der Waals surface area contributed by atoms with Gasteiger partial charge in [0.2, 0.25) is 21.8 Å². The van der Waals surface area contributed by atoms with Crippen molar-refractivity contribution < 1.29 is 18.0 Å². The first kappa shape index (κ1) is 25.7. The third-order valence-corrected chi connectivity index (χ3v) is 8.52. The maximum atomic E-state index is 13.1. The van der Waals surface area contributed by atoms with E-state index in [0.717, 1.165) is 18.4 Å². The van der Waals surface area contributed by atoms with Crippen LogP contribution in [0.25, 0.3) is 0 Å². The molecule has 1 unspecified atom stereocenters. The largest absolute Gasteiger partial charge is 0.341 e. The summed E-state index contributed by atoms with van der Waals surface area (Å²) < 4.78 is 27.7. The van der Waals surface area contributed by atoms with Crippen molar-refractivity contribution in [2.75, 3.05) is 39.3 Å². The molecule has 3 rings (SSSR count). The average molecular weight is 478 g/mol. The van der Waals surface area contributed by atoms with E-state index >= 15 is 0 Å². The fourth-order valence-electron chi connectivity index (χ4n) is 4.52. The highest BCUT2D eigenvalue weighted by molar-refractivity contribution is 7.89. The van der Waals surface area contributed by atoms with Gasteiger partial charge in [-0.3, -0.25) is 9.59 Å². The normalized spacial score (nSPS) is 21.2. The molecule has 1 aromatic carbocycles. The van der Waals surface area contributed by atoms with Gasteiger partial charge in [0.25, 0.3) is 0 Å². The Kier molecular flexibility index (Phi) is 7.30. The lowest BCUT2D eigenvalue weighted by Crippen LogP contribution is -2.54. The van der Waals surface area contributed by atoms with Crippen molar-refractivity contribution >= 4 is 21.8 Å². The van der Waals surface area contributed by atoms with E-state index < -0.39 is 15.4 Å². The number of sulfonamides is 1. The Balaban J connectivity index is 1.61. The highest BCUT2D eigenvalue weighted by Gasteiger charge is 2.37. The summed E-state index contributed by atoms with van der Waals surface area (Å²) in [6.07, 6.45) is 1.59. The van der Waals surface area contributed by atoms with Crippen LogP contribution in [0, 0.1) is 11.3 Å². The Morgan fingerprint density at radius 2 is 1.42 bits per heavy atom. The average Bonchev–Trinajstić information content (AvgIpc) is 2.77. The lowest BCUT2D eigenvalue weighted by molar-refractivity contribution is -0.145. The van der Waals surface area contributed by atoms with Crippen LogP contribution in [0.2, 0.25) is 0 Å². The van der Waals surface area contributed by atoms with Crippen LogP contribution in [-0.4, -0.2) is 73.6 Å². The number of amides is 2. The van der Waals surface area contributed by atoms with Crippen molar-refractivity contribution in [3.05, 3.63) is 29.8 Å². The molecule has 1 aromatic rings. The summed E-state index contributed by atoms with van der Waals surface area (Å²) in [6, 6.07) is 7.10. The van der Waals surface area contributed by atoms with Crippen molar-refractivity contribution in [3.8, 4) is 0 Å². The number of nitrogens with zero attached hydrogens (tertiary/aromatic N) is 3. The van der Waals surface area contributed by atoms with Crippen molar-refractivity contribution in [2.45, 2.75) is 64.7 Å². The van der Waals surface area contributed by atoms with E-state index in [-0.39, 0.29) is 36.2 Å². The molecule has 184 valence electrons. The van der Waals surface area contributed by atoms with Gasteiger partial charge in [-0.2, -0.15) is 4.31 Å². The molecule has 2 aliphatic heterocycles. The zero-order valence-corrected chi connectivity index (χ0v) is 21.7. The molecule has 0 aromatic heterocycles. The lowest BCUT2D eigenvalue weighted by Gasteiger charge is -2.40. The molecular formula is C25H39N3O4S. The van der Waals surface area contributed by atoms with Gasteiger partial charge in [-0.25, -0.2) is 8.42 Å². The van der Waals surface area contributed by atoms with Crippen LogP contribution in [0.3, 0.4) is 0 Å². The van der Waals surface area contributed by atoms with E-state index in [4.69, 9.17) is 0 Å². The van der Waals surface area contributed by atoms with Crippen LogP contribution in [-0.2, 0) is 25.0 Å². The van der Waals surface area contributed by atoms with Gasteiger partial charge in [0, 0.05) is 44.7 Å². The number of piperidine rings is 1. The zero-order chi connectivity index (χ0) is 24.6. The zero-order valence-electron chi connectivity index (χ0n) is 20.9. The highest BCUT2D eigenvalue weighted by atomic mass is 32.2. The Hall–Kier alpha value is -1.93. The van der Waals surface area contributed by atoms with Crippen LogP contribution in [0.4, 0.5) is 0 Å². The van der Waals surface area contributed by atoms with Gasteiger partial charge < -0.3 is 9.80 Å². The van der Waals surface area contributed by atoms with Crippen LogP contribution in [0.15, 0.2) is 29.2 Å². The maximum Gasteiger partial charge on any atom is 0.243 e. The van der Waals surface area contributed by atoms with Crippen molar-refractivity contribution in [1.82, 2.24) is 14.1 Å². The standard InChI is InChI=1S/C25H39N3O4S/c1-24(2,3)20-9-11-21(12-10-20)33(31,32)28-16-14-26(15-17-28)22(29)19-8-7-13-27(18-19)23(30)25(4,5)6/h9-12,19H,7-8,13-18H2,1-6H3. The summed E-state index contributed by atoms with van der Waals surface area (Å²) in [6.45, 7) is 14.5. The summed E-state index contributed by atoms with van der Waals surface area (Å²) in [4.78, 5) is 29.7. The van der Waals surface area contributed by atoms with Gasteiger partial charge >= 0.3 is 0 Å². The van der Waals surface area contributed by atoms with Gasteiger partial charge in [-0.15, -0.1) is 0 Å². The topological polar surface area (TPSA) is 78.0 Å². The molecule has 2 heterocycles. The SMILES string of the molecule is CC(C)(C)C(=O)N1CCCC(C(=O)N2CCN(S(=O)(=O)c3ccc(C(C)(C)C)cc3)CC2)C1. The van der Waals surface area contributed by atoms with Crippen LogP contribution >= 0.6 is 0 Å². The minimum absolute atomic E-state index is 0.0352. The number of hydrogen-bond acceptors (Lipinski definition) is 4. The maximum absolute atomic E-state index is 13.1. The van der Waals surface area contributed by atoms with E-state index in [1.807, 2.05) is 37.8 Å². The smallest absolute Gasteiger partial charge is 0.243 e. The lowest BCUT2D eigenvalue weighted by atomic mass is 9.87. The number of likely N-dealkylation sites (tertiary alicyclic amines) is 1. The summed E-state index contributed by atoms with van der Waals surface area (Å²) in [5, 5.41) is 0. The minimum atomic E-state index is -3.59. The molecule has 0 spiro atoms. The molecule has 0 saturated carbocycles. The van der Waals surface area contributed by atoms with E-state index in [0.29, 0.717) is 31.1 Å². The van der Waals surface area contributed by atoms with Gasteiger partial charge in [0.05, 0.1) is 10.8 Å². The Morgan fingerprint density at radius 1 is 0.848 bits per heavy atom. The quantitative estimate of drug-likeness (QED) is 0.670. The molecule has 0 bridgehead atoms. The van der Waals surface area contributed by atoms with Gasteiger partial charge in [-0.1, -0.05) is 53.7 Å². The number of carbonyl (C=O) groups excluding carboxylic acids is 2. The van der Waals surface area contributed by atoms with Crippen LogP contribution in [0.1, 0.15) is 59.9 Å². The molecule has 1 atom stereocenters. The van der Waals surface area contributed by atoms with Crippen LogP contribution < -0.4 is 0 Å². The van der Waals surface area contributed by atoms with E-state index in [9.17, 15) is 18.0 Å². The van der Waals surface area contributed by atoms with E-state index in [2.05, 4.69) is 20.8 Å². The Morgan fingerprint density at radius 3 is 1.94 bits per heavy atom. The molecule has 0 radical (unpaired) electrons. The molecule has 2 amide bonds. The van der Waals surface area contributed by atoms with Crippen molar-refractivity contribution in [1.29, 1.82) is 0 Å². The fourth-order valence-corrected chi connectivity index (χ4v) is 5.94. The Labute approximate surface area is 199 Å². The van der Waals surface area contributed by atoms with E-state index in [1.165, 1.54) is 4.31 Å². The molecule has 2 fully saturated rings. The predicted molar refractivity (Wildman–Crippen MR) is 129 cm³/mol. The third kappa shape index (κ3) is 5.77. The molecule has 2 saturated heterocycles. The number of hydrogen-bond donors (Lipinski definition) is 0. The molecule has 0 N–H and O–H groups in total. The van der Waals surface area contributed by atoms with Gasteiger partial charge in [-0.05, 0) is 36.0 Å². The van der Waals surface area contributed by atoms with E-state index in [1.54, 1.807) is 17.0 Å². The molecule has 0 aliphatic carbocycles. The molecule has 8 heteroatoms. The highest BCUT2D eigenvalue weighted by Crippen LogP contribution is 2.27. The first-order valence-electron chi connectivity index (χ1n) is 11.9. The predicted octanol–water partition coefficient (Wildman–Crippen LogP) is 3.10. The summed E-state index contributed by atoms with van der Waals surface area (Å²) >= 11 is 0. The summed E-state index contributed by atoms with van der Waals surface area (Å²) in [5.41, 5.74) is 0.583. The summed E-state index contributed by atoms with van der Waals surface area (Å²) in [7, 11) is -3.59. The summed E-state index contributed by atoms with van der Waals surface area (Å²) in [5.74, 6) is -0.0977. The molecule has 7 nitrogen and oxygen atoms in total. The second kappa shape index (κ2) is 9.37. The first-order chi connectivity index (χ1) is 15.2. The van der Waals surface area contributed by atoms with Gasteiger partial charge in [0.15, 0.2) is 0 Å². The van der Waals surface area contributed by atoms with Gasteiger partial charge in [0.1, 0.15) is 0 Å². The number of rotatable bonds is 3. The Bertz CT molecular complexity index is 966. The second-order valence-electron chi connectivity index (χ2n) is 11.3. The molecular weight excluding hydrogens is 438 g/mol. The van der Waals surface area contributed by atoms with Crippen LogP contribution in [0.5, 0.6) is 0 Å². The van der Waals surface area contributed by atoms with Crippen molar-refractivity contribution in [3.63, 3.8) is 0 Å². The minimum Gasteiger partial charge on any atom is -0.341 e. The number of carbonyl (C=O) groups is 2. The second-order valence-corrected chi connectivity index (χ2v) is 13.3. The molecule has 33 heavy (non-hydrogen) atoms. The third-order valence-electron chi connectivity index (χ3n) is 6.61. The number of benzene rings is 1. The number of piperazine rings is 1. The van der Waals surface area contributed by atoms with Crippen molar-refractivity contribution in [2.24, 2.45) is 11.3 Å².